The SMILES string of the molecule is COc1ccc([N+](=O)[O-])cc1NC(=O)c1cnn(-c2ccccc2)n1. The van der Waals surface area contributed by atoms with Crippen LogP contribution in [0, 0.1) is 10.1 Å². The summed E-state index contributed by atoms with van der Waals surface area (Å²) >= 11 is 0. The summed E-state index contributed by atoms with van der Waals surface area (Å²) in [6.45, 7) is 0. The van der Waals surface area contributed by atoms with Crippen molar-refractivity contribution in [2.24, 2.45) is 0 Å². The molecule has 0 fully saturated rings. The standard InChI is InChI=1S/C16H13N5O4/c1-25-15-8-7-12(21(23)24)9-13(15)18-16(22)14-10-17-20(19-14)11-5-3-2-4-6-11/h2-10H,1H3,(H,18,22). The molecule has 0 saturated carbocycles. The molecule has 0 aliphatic heterocycles. The van der Waals surface area contributed by atoms with E-state index in [2.05, 4.69) is 15.5 Å². The third-order valence-electron chi connectivity index (χ3n) is 3.35. The Kier molecular flexibility index (Phi) is 4.38. The maximum Gasteiger partial charge on any atom is 0.277 e. The van der Waals surface area contributed by atoms with Gasteiger partial charge in [-0.05, 0) is 18.2 Å². The number of nitrogens with zero attached hydrogens (tertiary/aromatic N) is 4. The van der Waals surface area contributed by atoms with E-state index >= 15 is 0 Å². The number of carbonyl (C=O) groups excluding carboxylic acids is 1. The van der Waals surface area contributed by atoms with E-state index < -0.39 is 10.8 Å². The minimum Gasteiger partial charge on any atom is -0.495 e. The van der Waals surface area contributed by atoms with Crippen molar-refractivity contribution in [3.8, 4) is 11.4 Å². The number of ether oxygens (including phenoxy) is 1. The van der Waals surface area contributed by atoms with Crippen LogP contribution in [-0.2, 0) is 0 Å². The number of anilines is 1. The van der Waals surface area contributed by atoms with Gasteiger partial charge in [0.15, 0.2) is 5.69 Å². The number of hydrogen-bond acceptors (Lipinski definition) is 6. The number of benzene rings is 2. The molecule has 0 radical (unpaired) electrons. The Morgan fingerprint density at radius 2 is 2.00 bits per heavy atom. The fraction of sp³-hybridized carbons (Fsp3) is 0.0625. The van der Waals surface area contributed by atoms with Gasteiger partial charge in [-0.1, -0.05) is 18.2 Å². The van der Waals surface area contributed by atoms with Crippen molar-refractivity contribution in [3.63, 3.8) is 0 Å². The normalized spacial score (nSPS) is 10.3. The molecule has 3 rings (SSSR count). The van der Waals surface area contributed by atoms with Gasteiger partial charge in [0.05, 0.1) is 29.6 Å². The molecule has 0 unspecified atom stereocenters. The van der Waals surface area contributed by atoms with Gasteiger partial charge in [0.1, 0.15) is 5.75 Å². The van der Waals surface area contributed by atoms with Gasteiger partial charge >= 0.3 is 0 Å². The lowest BCUT2D eigenvalue weighted by Crippen LogP contribution is -2.14. The molecular weight excluding hydrogens is 326 g/mol. The number of nitro benzene ring substituents is 1. The number of para-hydroxylation sites is 1. The van der Waals surface area contributed by atoms with E-state index in [1.165, 1.54) is 36.3 Å². The summed E-state index contributed by atoms with van der Waals surface area (Å²) in [5, 5.41) is 21.6. The molecular formula is C16H13N5O4. The molecule has 3 aromatic rings. The van der Waals surface area contributed by atoms with Gasteiger partial charge in [-0.15, -0.1) is 5.10 Å². The second-order valence-electron chi connectivity index (χ2n) is 4.95. The van der Waals surface area contributed by atoms with Gasteiger partial charge in [-0.25, -0.2) is 0 Å². The van der Waals surface area contributed by atoms with E-state index in [1.54, 1.807) is 12.1 Å². The quantitative estimate of drug-likeness (QED) is 0.564. The summed E-state index contributed by atoms with van der Waals surface area (Å²) in [5.74, 6) is -0.254. The van der Waals surface area contributed by atoms with Crippen molar-refractivity contribution in [2.45, 2.75) is 0 Å². The monoisotopic (exact) mass is 339 g/mol. The minimum atomic E-state index is -0.555. The van der Waals surface area contributed by atoms with Crippen LogP contribution in [0.25, 0.3) is 5.69 Å². The first kappa shape index (κ1) is 16.1. The zero-order valence-corrected chi connectivity index (χ0v) is 13.1. The van der Waals surface area contributed by atoms with Crippen LogP contribution < -0.4 is 10.1 Å². The molecule has 126 valence electrons. The van der Waals surface area contributed by atoms with Crippen LogP contribution in [0.4, 0.5) is 11.4 Å². The van der Waals surface area contributed by atoms with E-state index in [0.717, 1.165) is 0 Å². The number of nitrogens with one attached hydrogen (secondary N) is 1. The lowest BCUT2D eigenvalue weighted by molar-refractivity contribution is -0.384. The van der Waals surface area contributed by atoms with E-state index in [0.29, 0.717) is 11.4 Å². The van der Waals surface area contributed by atoms with Gasteiger partial charge in [-0.3, -0.25) is 14.9 Å². The minimum absolute atomic E-state index is 0.0670. The van der Waals surface area contributed by atoms with Crippen LogP contribution in [0.2, 0.25) is 0 Å². The molecule has 2 aromatic carbocycles. The second kappa shape index (κ2) is 6.79. The van der Waals surface area contributed by atoms with Crippen molar-refractivity contribution in [2.75, 3.05) is 12.4 Å². The van der Waals surface area contributed by atoms with E-state index in [4.69, 9.17) is 4.74 Å². The molecule has 25 heavy (non-hydrogen) atoms. The maximum absolute atomic E-state index is 12.4. The Morgan fingerprint density at radius 1 is 1.24 bits per heavy atom. The number of carbonyl (C=O) groups is 1. The van der Waals surface area contributed by atoms with Gasteiger partial charge in [0.2, 0.25) is 0 Å². The molecule has 9 nitrogen and oxygen atoms in total. The number of hydrogen-bond donors (Lipinski definition) is 1. The fourth-order valence-electron chi connectivity index (χ4n) is 2.15. The van der Waals surface area contributed by atoms with Gasteiger partial charge in [0.25, 0.3) is 11.6 Å². The number of aromatic nitrogens is 3. The molecule has 0 spiro atoms. The Bertz CT molecular complexity index is 923. The molecule has 0 aliphatic carbocycles. The molecule has 1 aromatic heterocycles. The average Bonchev–Trinajstić information content (AvgIpc) is 3.12. The number of nitro groups is 1. The first-order valence-corrected chi connectivity index (χ1v) is 7.20. The predicted molar refractivity (Wildman–Crippen MR) is 89.0 cm³/mol. The number of non-ortho nitro benzene ring substituents is 1. The molecule has 1 amide bonds. The van der Waals surface area contributed by atoms with Crippen molar-refractivity contribution >= 4 is 17.3 Å². The summed E-state index contributed by atoms with van der Waals surface area (Å²) in [7, 11) is 1.41. The first-order valence-electron chi connectivity index (χ1n) is 7.20. The maximum atomic E-state index is 12.4. The lowest BCUT2D eigenvalue weighted by atomic mass is 10.2. The third kappa shape index (κ3) is 3.44. The predicted octanol–water partition coefficient (Wildman–Crippen LogP) is 2.44. The van der Waals surface area contributed by atoms with Gasteiger partial charge in [-0.2, -0.15) is 9.90 Å². The summed E-state index contributed by atoms with van der Waals surface area (Å²) in [6, 6.07) is 13.0. The Hall–Kier alpha value is -3.75. The summed E-state index contributed by atoms with van der Waals surface area (Å²) < 4.78 is 5.11. The zero-order chi connectivity index (χ0) is 17.8. The molecule has 1 heterocycles. The highest BCUT2D eigenvalue weighted by molar-refractivity contribution is 6.03. The van der Waals surface area contributed by atoms with Crippen molar-refractivity contribution in [1.29, 1.82) is 0 Å². The van der Waals surface area contributed by atoms with Gasteiger partial charge in [0, 0.05) is 12.1 Å². The highest BCUT2D eigenvalue weighted by Gasteiger charge is 2.17. The first-order chi connectivity index (χ1) is 12.1. The van der Waals surface area contributed by atoms with Crippen LogP contribution in [-0.4, -0.2) is 32.9 Å². The summed E-state index contributed by atoms with van der Waals surface area (Å²) in [6.07, 6.45) is 1.31. The fourth-order valence-corrected chi connectivity index (χ4v) is 2.15. The highest BCUT2D eigenvalue weighted by atomic mass is 16.6. The Labute approximate surface area is 142 Å². The van der Waals surface area contributed by atoms with E-state index in [9.17, 15) is 14.9 Å². The van der Waals surface area contributed by atoms with Crippen LogP contribution >= 0.6 is 0 Å². The number of amides is 1. The van der Waals surface area contributed by atoms with Crippen LogP contribution in [0.5, 0.6) is 5.75 Å². The molecule has 0 bridgehead atoms. The Balaban J connectivity index is 1.84. The van der Waals surface area contributed by atoms with Crippen LogP contribution in [0.1, 0.15) is 10.5 Å². The Morgan fingerprint density at radius 3 is 2.68 bits per heavy atom. The number of rotatable bonds is 5. The molecule has 9 heteroatoms. The molecule has 0 saturated heterocycles. The molecule has 0 atom stereocenters. The molecule has 0 aliphatic rings. The third-order valence-corrected chi connectivity index (χ3v) is 3.35. The lowest BCUT2D eigenvalue weighted by Gasteiger charge is -2.08. The summed E-state index contributed by atoms with van der Waals surface area (Å²) in [4.78, 5) is 24.0. The second-order valence-corrected chi connectivity index (χ2v) is 4.95. The van der Waals surface area contributed by atoms with Crippen molar-refractivity contribution in [3.05, 3.63) is 70.5 Å². The number of methoxy groups -OCH3 is 1. The van der Waals surface area contributed by atoms with Crippen molar-refractivity contribution in [1.82, 2.24) is 15.0 Å². The summed E-state index contributed by atoms with van der Waals surface area (Å²) in [5.41, 5.74) is 0.784. The van der Waals surface area contributed by atoms with Gasteiger partial charge < -0.3 is 10.1 Å². The highest BCUT2D eigenvalue weighted by Crippen LogP contribution is 2.29. The topological polar surface area (TPSA) is 112 Å². The zero-order valence-electron chi connectivity index (χ0n) is 13.1. The smallest absolute Gasteiger partial charge is 0.277 e. The van der Waals surface area contributed by atoms with Crippen molar-refractivity contribution < 1.29 is 14.5 Å². The molecule has 1 N–H and O–H groups in total. The van der Waals surface area contributed by atoms with E-state index in [-0.39, 0.29) is 17.1 Å². The average molecular weight is 339 g/mol. The largest absolute Gasteiger partial charge is 0.495 e. The van der Waals surface area contributed by atoms with Crippen LogP contribution in [0.3, 0.4) is 0 Å². The van der Waals surface area contributed by atoms with Crippen LogP contribution in [0.15, 0.2) is 54.7 Å². The van der Waals surface area contributed by atoms with E-state index in [1.807, 2.05) is 18.2 Å².